The summed E-state index contributed by atoms with van der Waals surface area (Å²) in [5.74, 6) is 0. The maximum Gasteiger partial charge on any atom is 0.453 e. The highest BCUT2D eigenvalue weighted by atomic mass is 31.0. The lowest BCUT2D eigenvalue weighted by Crippen LogP contribution is -2.52. The van der Waals surface area contributed by atoms with Crippen LogP contribution in [0.4, 0.5) is 0 Å². The largest absolute Gasteiger partial charge is 0.453 e. The molecule has 1 rings (SSSR count). The first-order chi connectivity index (χ1) is 4.52. The fraction of sp³-hybridized carbons (Fsp3) is 1.00. The van der Waals surface area contributed by atoms with Crippen LogP contribution in [0.15, 0.2) is 0 Å². The molecule has 1 aliphatic rings. The molecule has 1 aliphatic heterocycles. The minimum Gasteiger partial charge on any atom is -0.417 e. The van der Waals surface area contributed by atoms with Gasteiger partial charge < -0.3 is 9.31 Å². The minimum absolute atomic E-state index is 0.243. The minimum atomic E-state index is -0.632. The van der Waals surface area contributed by atoms with Gasteiger partial charge in [-0.1, -0.05) is 0 Å². The van der Waals surface area contributed by atoms with E-state index in [0.29, 0.717) is 6.61 Å². The second kappa shape index (κ2) is 2.88. The van der Waals surface area contributed by atoms with Crippen LogP contribution in [-0.4, -0.2) is 40.5 Å². The molecule has 1 heterocycles. The van der Waals surface area contributed by atoms with E-state index in [1.54, 1.807) is 6.82 Å². The standard InChI is InChI=1S/C4H8B3O2P/c1-7-8-2-4(6,10)3(5)9-7/h3H,2,10H2,1H3/t3?,4-/m1/s1. The molecule has 2 unspecified atom stereocenters. The van der Waals surface area contributed by atoms with Crippen molar-refractivity contribution in [1.82, 2.24) is 0 Å². The first-order valence-electron chi connectivity index (χ1n) is 3.13. The molecular formula is C4H8B3O2P. The Morgan fingerprint density at radius 1 is 1.80 bits per heavy atom. The zero-order chi connectivity index (χ0) is 7.78. The normalized spacial score (nSPS) is 41.8. The maximum atomic E-state index is 5.67. The molecule has 4 radical (unpaired) electrons. The van der Waals surface area contributed by atoms with Crippen molar-refractivity contribution in [2.45, 2.75) is 17.9 Å². The first-order valence-corrected chi connectivity index (χ1v) is 3.70. The van der Waals surface area contributed by atoms with E-state index in [9.17, 15) is 0 Å². The molecule has 1 fully saturated rings. The van der Waals surface area contributed by atoms with Crippen LogP contribution in [0.25, 0.3) is 0 Å². The summed E-state index contributed by atoms with van der Waals surface area (Å²) in [5.41, 5.74) is 0. The van der Waals surface area contributed by atoms with Crippen molar-refractivity contribution in [1.29, 1.82) is 0 Å². The average Bonchev–Trinajstić information content (AvgIpc) is 1.81. The van der Waals surface area contributed by atoms with E-state index in [1.165, 1.54) is 0 Å². The monoisotopic (exact) mass is 152 g/mol. The molecule has 3 atom stereocenters. The van der Waals surface area contributed by atoms with Crippen LogP contribution in [0, 0.1) is 0 Å². The molecule has 0 aromatic rings. The van der Waals surface area contributed by atoms with Crippen LogP contribution < -0.4 is 0 Å². The van der Waals surface area contributed by atoms with Gasteiger partial charge in [-0.2, -0.15) is 0 Å². The zero-order valence-electron chi connectivity index (χ0n) is 5.91. The second-order valence-corrected chi connectivity index (χ2v) is 3.62. The predicted octanol–water partition coefficient (Wildman–Crippen LogP) is -0.614. The van der Waals surface area contributed by atoms with Crippen molar-refractivity contribution >= 4 is 32.1 Å². The van der Waals surface area contributed by atoms with Gasteiger partial charge in [0.2, 0.25) is 0 Å². The molecule has 0 saturated carbocycles. The Kier molecular flexibility index (Phi) is 2.49. The molecule has 0 aliphatic carbocycles. The molecular weight excluding hydrogens is 143 g/mol. The van der Waals surface area contributed by atoms with Crippen LogP contribution >= 0.6 is 9.24 Å². The third kappa shape index (κ3) is 1.78. The van der Waals surface area contributed by atoms with Crippen molar-refractivity contribution in [2.75, 3.05) is 6.61 Å². The highest BCUT2D eigenvalue weighted by Crippen LogP contribution is 2.24. The van der Waals surface area contributed by atoms with Gasteiger partial charge >= 0.3 is 7.12 Å². The van der Waals surface area contributed by atoms with E-state index in [2.05, 4.69) is 9.24 Å². The van der Waals surface area contributed by atoms with Crippen LogP contribution in [0.2, 0.25) is 6.82 Å². The Morgan fingerprint density at radius 2 is 2.40 bits per heavy atom. The predicted molar refractivity (Wildman–Crippen MR) is 46.4 cm³/mol. The molecule has 10 heavy (non-hydrogen) atoms. The highest BCUT2D eigenvalue weighted by Gasteiger charge is 2.34. The van der Waals surface area contributed by atoms with Crippen molar-refractivity contribution in [3.63, 3.8) is 0 Å². The van der Waals surface area contributed by atoms with Gasteiger partial charge in [0.1, 0.15) is 7.85 Å². The summed E-state index contributed by atoms with van der Waals surface area (Å²) >= 11 is 0. The lowest BCUT2D eigenvalue weighted by Gasteiger charge is -2.39. The quantitative estimate of drug-likeness (QED) is 0.340. The third-order valence-corrected chi connectivity index (χ3v) is 1.93. The van der Waals surface area contributed by atoms with Crippen LogP contribution in [0.3, 0.4) is 0 Å². The highest BCUT2D eigenvalue weighted by molar-refractivity contribution is 7.22. The SMILES string of the molecule is [B]C1OB(C)OC[C@@]1([B])P. The molecule has 0 spiro atoms. The lowest BCUT2D eigenvalue weighted by atomic mass is 9.70. The fourth-order valence-electron chi connectivity index (χ4n) is 0.716. The Labute approximate surface area is 66.6 Å². The molecule has 0 amide bonds. The second-order valence-electron chi connectivity index (χ2n) is 2.55. The van der Waals surface area contributed by atoms with E-state index in [4.69, 9.17) is 25.0 Å². The molecule has 50 valence electrons. The summed E-state index contributed by atoms with van der Waals surface area (Å²) in [6.07, 6.45) is 0. The first kappa shape index (κ1) is 8.64. The molecule has 0 N–H and O–H groups in total. The molecule has 2 nitrogen and oxygen atoms in total. The van der Waals surface area contributed by atoms with E-state index in [1.807, 2.05) is 0 Å². The smallest absolute Gasteiger partial charge is 0.417 e. The maximum absolute atomic E-state index is 5.67. The van der Waals surface area contributed by atoms with Crippen molar-refractivity contribution in [2.24, 2.45) is 0 Å². The van der Waals surface area contributed by atoms with Gasteiger partial charge in [-0.05, 0) is 11.9 Å². The summed E-state index contributed by atoms with van der Waals surface area (Å²) in [4.78, 5) is 0. The molecule has 0 aromatic carbocycles. The van der Waals surface area contributed by atoms with Gasteiger partial charge in [0.25, 0.3) is 0 Å². The Balaban J connectivity index is 2.52. The van der Waals surface area contributed by atoms with Crippen LogP contribution in [-0.2, 0) is 9.31 Å². The summed E-state index contributed by atoms with van der Waals surface area (Å²) in [6.45, 7) is 2.21. The van der Waals surface area contributed by atoms with E-state index in [-0.39, 0.29) is 7.12 Å². The zero-order valence-corrected chi connectivity index (χ0v) is 7.07. The van der Waals surface area contributed by atoms with Crippen molar-refractivity contribution < 1.29 is 9.31 Å². The Morgan fingerprint density at radius 3 is 2.80 bits per heavy atom. The van der Waals surface area contributed by atoms with Gasteiger partial charge in [0.15, 0.2) is 0 Å². The van der Waals surface area contributed by atoms with Crippen molar-refractivity contribution in [3.8, 4) is 0 Å². The van der Waals surface area contributed by atoms with Crippen LogP contribution in [0.1, 0.15) is 0 Å². The van der Waals surface area contributed by atoms with E-state index >= 15 is 0 Å². The van der Waals surface area contributed by atoms with Gasteiger partial charge in [0, 0.05) is 12.6 Å². The molecule has 0 bridgehead atoms. The number of rotatable bonds is 0. The van der Waals surface area contributed by atoms with Crippen LogP contribution in [0.5, 0.6) is 0 Å². The lowest BCUT2D eigenvalue weighted by molar-refractivity contribution is 0.108. The summed E-state index contributed by atoms with van der Waals surface area (Å²) in [5, 5.41) is -0.632. The Bertz CT molecular complexity index is 132. The summed E-state index contributed by atoms with van der Waals surface area (Å²) in [6, 6.07) is -0.457. The summed E-state index contributed by atoms with van der Waals surface area (Å²) in [7, 11) is 13.4. The average molecular weight is 152 g/mol. The molecule has 6 heteroatoms. The Hall–Kier alpha value is 0.545. The topological polar surface area (TPSA) is 18.5 Å². The van der Waals surface area contributed by atoms with Gasteiger partial charge in [0.05, 0.1) is 7.85 Å². The van der Waals surface area contributed by atoms with Crippen molar-refractivity contribution in [3.05, 3.63) is 0 Å². The van der Waals surface area contributed by atoms with E-state index in [0.717, 1.165) is 0 Å². The van der Waals surface area contributed by atoms with Gasteiger partial charge in [-0.3, -0.25) is 0 Å². The third-order valence-electron chi connectivity index (χ3n) is 1.44. The van der Waals surface area contributed by atoms with Gasteiger partial charge in [-0.25, -0.2) is 0 Å². The number of hydrogen-bond acceptors (Lipinski definition) is 2. The molecule has 1 saturated heterocycles. The number of hydrogen-bond donors (Lipinski definition) is 0. The fourth-order valence-corrected chi connectivity index (χ4v) is 0.891. The molecule has 0 aromatic heterocycles. The van der Waals surface area contributed by atoms with Gasteiger partial charge in [-0.15, -0.1) is 9.24 Å². The summed E-state index contributed by atoms with van der Waals surface area (Å²) < 4.78 is 10.2. The van der Waals surface area contributed by atoms with E-state index < -0.39 is 11.1 Å².